The van der Waals surface area contributed by atoms with E-state index < -0.39 is 18.5 Å². The van der Waals surface area contributed by atoms with Crippen LogP contribution in [0.25, 0.3) is 0 Å². The number of amides is 3. The highest BCUT2D eigenvalue weighted by Crippen LogP contribution is 2.20. The second kappa shape index (κ2) is 10.8. The Labute approximate surface area is 200 Å². The van der Waals surface area contributed by atoms with E-state index in [1.165, 1.54) is 24.3 Å². The normalized spacial score (nSPS) is 13.4. The fourth-order valence-electron chi connectivity index (χ4n) is 3.16. The lowest BCUT2D eigenvalue weighted by atomic mass is 10.2. The van der Waals surface area contributed by atoms with Crippen LogP contribution >= 0.6 is 0 Å². The molecule has 0 saturated carbocycles. The van der Waals surface area contributed by atoms with Gasteiger partial charge in [0.25, 0.3) is 5.91 Å². The molecule has 0 aromatic heterocycles. The second-order valence-corrected chi connectivity index (χ2v) is 7.52. The molecule has 3 amide bonds. The van der Waals surface area contributed by atoms with Gasteiger partial charge < -0.3 is 10.1 Å². The van der Waals surface area contributed by atoms with E-state index in [2.05, 4.69) is 21.0 Å². The zero-order valence-electron chi connectivity index (χ0n) is 18.5. The summed E-state index contributed by atoms with van der Waals surface area (Å²) >= 11 is 0. The zero-order valence-corrected chi connectivity index (χ0v) is 18.5. The van der Waals surface area contributed by atoms with E-state index in [0.717, 1.165) is 10.7 Å². The van der Waals surface area contributed by atoms with Crippen molar-refractivity contribution in [2.24, 2.45) is 10.2 Å². The number of anilines is 2. The molecular weight excluding hydrogens is 450 g/mol. The molecule has 0 bridgehead atoms. The Morgan fingerprint density at radius 2 is 1.51 bits per heavy atom. The summed E-state index contributed by atoms with van der Waals surface area (Å²) in [5, 5.41) is 12.0. The van der Waals surface area contributed by atoms with Crippen molar-refractivity contribution in [3.63, 3.8) is 0 Å². The number of hydrogen-bond donors (Lipinski definition) is 2. The van der Waals surface area contributed by atoms with Gasteiger partial charge in [-0.2, -0.15) is 10.2 Å². The largest absolute Gasteiger partial charge is 0.452 e. The number of nitrogens with one attached hydrogen (secondary N) is 2. The third-order valence-corrected chi connectivity index (χ3v) is 4.94. The van der Waals surface area contributed by atoms with Crippen molar-refractivity contribution in [2.45, 2.75) is 12.8 Å². The van der Waals surface area contributed by atoms with Gasteiger partial charge >= 0.3 is 5.97 Å². The number of carbonyl (C=O) groups excluding carboxylic acids is 4. The Bertz CT molecular complexity index is 1260. The van der Waals surface area contributed by atoms with Gasteiger partial charge in [0, 0.05) is 18.5 Å². The van der Waals surface area contributed by atoms with Crippen molar-refractivity contribution in [1.29, 1.82) is 0 Å². The van der Waals surface area contributed by atoms with Crippen molar-refractivity contribution in [2.75, 3.05) is 16.9 Å². The Hall–Kier alpha value is -4.86. The highest BCUT2D eigenvalue weighted by atomic mass is 16.5. The number of ether oxygens (including phenoxy) is 1. The minimum atomic E-state index is -0.697. The molecule has 1 saturated heterocycles. The average molecular weight is 471 g/mol. The predicted molar refractivity (Wildman–Crippen MR) is 127 cm³/mol. The van der Waals surface area contributed by atoms with E-state index in [1.807, 2.05) is 30.3 Å². The summed E-state index contributed by atoms with van der Waals surface area (Å²) < 4.78 is 5.06. The van der Waals surface area contributed by atoms with Gasteiger partial charge in [-0.25, -0.2) is 9.80 Å². The quantitative estimate of drug-likeness (QED) is 0.397. The number of rotatable bonds is 7. The summed E-state index contributed by atoms with van der Waals surface area (Å²) in [5.74, 6) is -1.71. The molecule has 3 aromatic rings. The molecule has 1 aliphatic heterocycles. The number of hydrogen-bond acceptors (Lipinski definition) is 7. The molecular formula is C25H21N5O5. The van der Waals surface area contributed by atoms with Crippen LogP contribution in [0.15, 0.2) is 89.1 Å². The summed E-state index contributed by atoms with van der Waals surface area (Å²) in [6.07, 6.45) is 0.261. The molecule has 1 aliphatic rings. The standard InChI is InChI=1S/C25H21N5O5/c31-22-14-15-24(33)30(29-22)21-12-6-17(7-13-21)25(34)35-16-23(32)26-18-8-10-20(11-9-18)28-27-19-4-2-1-3-5-19/h1-13H,14-16H2,(H,26,32)(H,29,31). The first-order valence-corrected chi connectivity index (χ1v) is 10.7. The number of nitrogens with zero attached hydrogens (tertiary/aromatic N) is 3. The van der Waals surface area contributed by atoms with E-state index >= 15 is 0 Å². The average Bonchev–Trinajstić information content (AvgIpc) is 2.89. The van der Waals surface area contributed by atoms with Gasteiger partial charge in [-0.05, 0) is 60.7 Å². The summed E-state index contributed by atoms with van der Waals surface area (Å²) in [7, 11) is 0. The van der Waals surface area contributed by atoms with Crippen LogP contribution in [-0.2, 0) is 19.1 Å². The molecule has 1 fully saturated rings. The van der Waals surface area contributed by atoms with Crippen LogP contribution in [0.3, 0.4) is 0 Å². The predicted octanol–water partition coefficient (Wildman–Crippen LogP) is 4.06. The number of benzene rings is 3. The molecule has 10 heteroatoms. The van der Waals surface area contributed by atoms with Crippen LogP contribution < -0.4 is 15.8 Å². The Kier molecular flexibility index (Phi) is 7.22. The molecule has 0 atom stereocenters. The minimum absolute atomic E-state index is 0.116. The monoisotopic (exact) mass is 471 g/mol. The molecule has 0 unspecified atom stereocenters. The van der Waals surface area contributed by atoms with E-state index in [4.69, 9.17) is 4.74 Å². The molecule has 4 rings (SSSR count). The maximum atomic E-state index is 12.3. The van der Waals surface area contributed by atoms with E-state index in [1.54, 1.807) is 24.3 Å². The van der Waals surface area contributed by atoms with Crippen LogP contribution in [0.4, 0.5) is 22.7 Å². The molecule has 10 nitrogen and oxygen atoms in total. The summed E-state index contributed by atoms with van der Waals surface area (Å²) in [6, 6.07) is 22.0. The van der Waals surface area contributed by atoms with E-state index in [-0.39, 0.29) is 30.2 Å². The molecule has 0 radical (unpaired) electrons. The lowest BCUT2D eigenvalue weighted by molar-refractivity contribution is -0.130. The lowest BCUT2D eigenvalue weighted by Crippen LogP contribution is -2.50. The first kappa shape index (κ1) is 23.3. The molecule has 0 spiro atoms. The lowest BCUT2D eigenvalue weighted by Gasteiger charge is -2.27. The first-order valence-electron chi connectivity index (χ1n) is 10.7. The van der Waals surface area contributed by atoms with Gasteiger partial charge in [-0.3, -0.25) is 19.8 Å². The van der Waals surface area contributed by atoms with Gasteiger partial charge in [0.2, 0.25) is 11.8 Å². The number of hydrazine groups is 1. The van der Waals surface area contributed by atoms with Gasteiger partial charge in [-0.1, -0.05) is 18.2 Å². The Morgan fingerprint density at radius 1 is 0.857 bits per heavy atom. The maximum absolute atomic E-state index is 12.3. The van der Waals surface area contributed by atoms with Gasteiger partial charge in [0.15, 0.2) is 6.61 Å². The van der Waals surface area contributed by atoms with Crippen LogP contribution in [-0.4, -0.2) is 30.3 Å². The topological polar surface area (TPSA) is 130 Å². The maximum Gasteiger partial charge on any atom is 0.338 e. The van der Waals surface area contributed by atoms with Gasteiger partial charge in [0.1, 0.15) is 0 Å². The van der Waals surface area contributed by atoms with Crippen molar-refractivity contribution in [3.8, 4) is 0 Å². The van der Waals surface area contributed by atoms with Crippen molar-refractivity contribution >= 4 is 46.4 Å². The fraction of sp³-hybridized carbons (Fsp3) is 0.120. The van der Waals surface area contributed by atoms with Crippen LogP contribution in [0.5, 0.6) is 0 Å². The molecule has 3 aromatic carbocycles. The third-order valence-electron chi connectivity index (χ3n) is 4.94. The third kappa shape index (κ3) is 6.35. The minimum Gasteiger partial charge on any atom is -0.452 e. The van der Waals surface area contributed by atoms with Crippen LogP contribution in [0, 0.1) is 0 Å². The number of esters is 1. The smallest absolute Gasteiger partial charge is 0.338 e. The summed E-state index contributed by atoms with van der Waals surface area (Å²) in [5.41, 5.74) is 4.96. The molecule has 35 heavy (non-hydrogen) atoms. The van der Waals surface area contributed by atoms with Gasteiger partial charge in [0.05, 0.1) is 22.6 Å². The Balaban J connectivity index is 1.26. The fourth-order valence-corrected chi connectivity index (χ4v) is 3.16. The SMILES string of the molecule is O=C(COC(=O)c1ccc(N2NC(=O)CCC2=O)cc1)Nc1ccc(N=Nc2ccccc2)cc1. The molecule has 0 aliphatic carbocycles. The number of azo groups is 1. The van der Waals surface area contributed by atoms with Crippen molar-refractivity contribution in [1.82, 2.24) is 5.43 Å². The summed E-state index contributed by atoms with van der Waals surface area (Å²) in [4.78, 5) is 47.9. The number of carbonyl (C=O) groups is 4. The zero-order chi connectivity index (χ0) is 24.6. The van der Waals surface area contributed by atoms with Crippen LogP contribution in [0.2, 0.25) is 0 Å². The molecule has 176 valence electrons. The highest BCUT2D eigenvalue weighted by molar-refractivity contribution is 6.01. The second-order valence-electron chi connectivity index (χ2n) is 7.52. The van der Waals surface area contributed by atoms with Crippen LogP contribution in [0.1, 0.15) is 23.2 Å². The van der Waals surface area contributed by atoms with Crippen molar-refractivity contribution in [3.05, 3.63) is 84.4 Å². The molecule has 2 N–H and O–H groups in total. The van der Waals surface area contributed by atoms with Gasteiger partial charge in [-0.15, -0.1) is 0 Å². The summed E-state index contributed by atoms with van der Waals surface area (Å²) in [6.45, 7) is -0.475. The van der Waals surface area contributed by atoms with E-state index in [0.29, 0.717) is 17.1 Å². The van der Waals surface area contributed by atoms with E-state index in [9.17, 15) is 19.2 Å². The highest BCUT2D eigenvalue weighted by Gasteiger charge is 2.24. The Morgan fingerprint density at radius 3 is 2.20 bits per heavy atom. The first-order chi connectivity index (χ1) is 17.0. The molecule has 1 heterocycles. The van der Waals surface area contributed by atoms with Crippen molar-refractivity contribution < 1.29 is 23.9 Å².